The SMILES string of the molecule is CNC(c1cc(F)ccc1F)C1CCOc2ccccc21. The molecule has 0 fully saturated rings. The molecule has 2 atom stereocenters. The molecule has 1 N–H and O–H groups in total. The van der Waals surface area contributed by atoms with Gasteiger partial charge in [-0.1, -0.05) is 18.2 Å². The van der Waals surface area contributed by atoms with Gasteiger partial charge in [0, 0.05) is 17.5 Å². The predicted molar refractivity (Wildman–Crippen MR) is 77.5 cm³/mol. The molecule has 110 valence electrons. The zero-order chi connectivity index (χ0) is 14.8. The minimum absolute atomic E-state index is 0.0521. The summed E-state index contributed by atoms with van der Waals surface area (Å²) < 4.78 is 33.2. The third kappa shape index (κ3) is 2.63. The molecule has 1 heterocycles. The van der Waals surface area contributed by atoms with Crippen molar-refractivity contribution in [3.05, 3.63) is 65.2 Å². The van der Waals surface area contributed by atoms with E-state index in [0.29, 0.717) is 12.2 Å². The molecule has 1 aliphatic heterocycles. The van der Waals surface area contributed by atoms with Gasteiger partial charge in [-0.05, 0) is 43.3 Å². The lowest BCUT2D eigenvalue weighted by Crippen LogP contribution is -2.28. The zero-order valence-electron chi connectivity index (χ0n) is 11.8. The van der Waals surface area contributed by atoms with E-state index >= 15 is 0 Å². The van der Waals surface area contributed by atoms with Crippen molar-refractivity contribution >= 4 is 0 Å². The minimum Gasteiger partial charge on any atom is -0.493 e. The summed E-state index contributed by atoms with van der Waals surface area (Å²) in [6, 6.07) is 11.1. The number of likely N-dealkylation sites (N-methyl/N-ethyl adjacent to an activating group) is 1. The molecule has 0 saturated heterocycles. The number of nitrogens with one attached hydrogen (secondary N) is 1. The van der Waals surface area contributed by atoms with Crippen LogP contribution in [0.3, 0.4) is 0 Å². The van der Waals surface area contributed by atoms with Crippen molar-refractivity contribution in [3.63, 3.8) is 0 Å². The molecule has 2 unspecified atom stereocenters. The molecule has 21 heavy (non-hydrogen) atoms. The van der Waals surface area contributed by atoms with Gasteiger partial charge < -0.3 is 10.1 Å². The molecule has 0 aliphatic carbocycles. The summed E-state index contributed by atoms with van der Waals surface area (Å²) in [5.41, 5.74) is 1.39. The second-order valence-electron chi connectivity index (χ2n) is 5.21. The summed E-state index contributed by atoms with van der Waals surface area (Å²) in [7, 11) is 1.77. The van der Waals surface area contributed by atoms with Crippen LogP contribution < -0.4 is 10.1 Å². The van der Waals surface area contributed by atoms with Crippen LogP contribution in [-0.2, 0) is 0 Å². The van der Waals surface area contributed by atoms with Gasteiger partial charge in [0.05, 0.1) is 6.61 Å². The van der Waals surface area contributed by atoms with Crippen molar-refractivity contribution in [2.24, 2.45) is 0 Å². The highest BCUT2D eigenvalue weighted by Gasteiger charge is 2.30. The number of ether oxygens (including phenoxy) is 1. The molecule has 4 heteroatoms. The van der Waals surface area contributed by atoms with E-state index in [0.717, 1.165) is 23.8 Å². The minimum atomic E-state index is -0.424. The lowest BCUT2D eigenvalue weighted by molar-refractivity contribution is 0.247. The van der Waals surface area contributed by atoms with E-state index in [4.69, 9.17) is 4.74 Å². The van der Waals surface area contributed by atoms with E-state index in [-0.39, 0.29) is 17.8 Å². The fourth-order valence-electron chi connectivity index (χ4n) is 3.04. The van der Waals surface area contributed by atoms with Gasteiger partial charge in [-0.15, -0.1) is 0 Å². The Morgan fingerprint density at radius 3 is 2.81 bits per heavy atom. The molecule has 0 radical (unpaired) electrons. The van der Waals surface area contributed by atoms with Gasteiger partial charge in [-0.2, -0.15) is 0 Å². The maximum atomic E-state index is 14.1. The Balaban J connectivity index is 2.03. The van der Waals surface area contributed by atoms with Gasteiger partial charge in [-0.3, -0.25) is 0 Å². The molecule has 2 aromatic rings. The van der Waals surface area contributed by atoms with Gasteiger partial charge in [0.2, 0.25) is 0 Å². The molecule has 1 aliphatic rings. The van der Waals surface area contributed by atoms with E-state index in [1.807, 2.05) is 24.3 Å². The van der Waals surface area contributed by atoms with E-state index in [2.05, 4.69) is 5.32 Å². The Morgan fingerprint density at radius 1 is 1.19 bits per heavy atom. The van der Waals surface area contributed by atoms with Gasteiger partial charge in [0.15, 0.2) is 0 Å². The van der Waals surface area contributed by atoms with E-state index in [9.17, 15) is 8.78 Å². The first-order valence-corrected chi connectivity index (χ1v) is 7.04. The average molecular weight is 289 g/mol. The van der Waals surface area contributed by atoms with Crippen LogP contribution >= 0.6 is 0 Å². The first-order valence-electron chi connectivity index (χ1n) is 7.04. The van der Waals surface area contributed by atoms with Crippen molar-refractivity contribution in [1.29, 1.82) is 0 Å². The van der Waals surface area contributed by atoms with Crippen LogP contribution in [0.25, 0.3) is 0 Å². The lowest BCUT2D eigenvalue weighted by atomic mass is 9.83. The highest BCUT2D eigenvalue weighted by Crippen LogP contribution is 2.41. The third-order valence-corrected chi connectivity index (χ3v) is 4.01. The number of hydrogen-bond acceptors (Lipinski definition) is 2. The largest absolute Gasteiger partial charge is 0.493 e. The Labute approximate surface area is 122 Å². The van der Waals surface area contributed by atoms with Crippen molar-refractivity contribution < 1.29 is 13.5 Å². The van der Waals surface area contributed by atoms with Gasteiger partial charge in [0.25, 0.3) is 0 Å². The summed E-state index contributed by atoms with van der Waals surface area (Å²) >= 11 is 0. The fraction of sp³-hybridized carbons (Fsp3) is 0.294. The zero-order valence-corrected chi connectivity index (χ0v) is 11.8. The number of benzene rings is 2. The first-order chi connectivity index (χ1) is 10.2. The third-order valence-electron chi connectivity index (χ3n) is 4.01. The summed E-state index contributed by atoms with van der Waals surface area (Å²) in [4.78, 5) is 0. The molecule has 0 amide bonds. The lowest BCUT2D eigenvalue weighted by Gasteiger charge is -2.32. The number of para-hydroxylation sites is 1. The average Bonchev–Trinajstić information content (AvgIpc) is 2.51. The maximum absolute atomic E-state index is 14.1. The van der Waals surface area contributed by atoms with Crippen LogP contribution in [0.1, 0.15) is 29.5 Å². The Hall–Kier alpha value is -1.94. The standard InChI is InChI=1S/C17H17F2NO/c1-20-17(14-10-11(18)6-7-15(14)19)13-8-9-21-16-5-3-2-4-12(13)16/h2-7,10,13,17,20H,8-9H2,1H3. The van der Waals surface area contributed by atoms with Crippen molar-refractivity contribution in [3.8, 4) is 5.75 Å². The topological polar surface area (TPSA) is 21.3 Å². The van der Waals surface area contributed by atoms with E-state index in [1.165, 1.54) is 12.1 Å². The summed E-state index contributed by atoms with van der Waals surface area (Å²) in [6.07, 6.45) is 0.762. The van der Waals surface area contributed by atoms with Crippen LogP contribution in [0.15, 0.2) is 42.5 Å². The smallest absolute Gasteiger partial charge is 0.128 e. The number of halogens is 2. The van der Waals surface area contributed by atoms with Crippen LogP contribution in [0.4, 0.5) is 8.78 Å². The summed E-state index contributed by atoms with van der Waals surface area (Å²) in [6.45, 7) is 0.580. The fourth-order valence-corrected chi connectivity index (χ4v) is 3.04. The highest BCUT2D eigenvalue weighted by molar-refractivity contribution is 5.40. The number of fused-ring (bicyclic) bond motifs is 1. The monoisotopic (exact) mass is 289 g/mol. The summed E-state index contributed by atoms with van der Waals surface area (Å²) in [5, 5.41) is 3.13. The van der Waals surface area contributed by atoms with Gasteiger partial charge in [-0.25, -0.2) is 8.78 Å². The second-order valence-corrected chi connectivity index (χ2v) is 5.21. The van der Waals surface area contributed by atoms with Gasteiger partial charge >= 0.3 is 0 Å². The molecule has 0 saturated carbocycles. The maximum Gasteiger partial charge on any atom is 0.128 e. The Bertz CT molecular complexity index is 644. The van der Waals surface area contributed by atoms with Gasteiger partial charge in [0.1, 0.15) is 17.4 Å². The van der Waals surface area contributed by atoms with E-state index < -0.39 is 5.82 Å². The molecular weight excluding hydrogens is 272 g/mol. The van der Waals surface area contributed by atoms with Crippen LogP contribution in [-0.4, -0.2) is 13.7 Å². The van der Waals surface area contributed by atoms with Crippen LogP contribution in [0.5, 0.6) is 5.75 Å². The molecule has 2 nitrogen and oxygen atoms in total. The van der Waals surface area contributed by atoms with Crippen molar-refractivity contribution in [1.82, 2.24) is 5.32 Å². The molecular formula is C17H17F2NO. The summed E-state index contributed by atoms with van der Waals surface area (Å²) in [5.74, 6) is 0.0637. The quantitative estimate of drug-likeness (QED) is 0.928. The van der Waals surface area contributed by atoms with E-state index in [1.54, 1.807) is 7.05 Å². The Kier molecular flexibility index (Phi) is 3.88. The first kappa shape index (κ1) is 14.0. The van der Waals surface area contributed by atoms with Crippen molar-refractivity contribution in [2.75, 3.05) is 13.7 Å². The molecule has 0 spiro atoms. The van der Waals surface area contributed by atoms with Crippen LogP contribution in [0, 0.1) is 11.6 Å². The second kappa shape index (κ2) is 5.82. The number of rotatable bonds is 3. The predicted octanol–water partition coefficient (Wildman–Crippen LogP) is 3.79. The van der Waals surface area contributed by atoms with Crippen molar-refractivity contribution in [2.45, 2.75) is 18.4 Å². The van der Waals surface area contributed by atoms with Crippen LogP contribution in [0.2, 0.25) is 0 Å². The normalized spacial score (nSPS) is 18.7. The highest BCUT2D eigenvalue weighted by atomic mass is 19.1. The molecule has 3 rings (SSSR count). The number of hydrogen-bond donors (Lipinski definition) is 1. The molecule has 2 aromatic carbocycles. The molecule has 0 aromatic heterocycles. The molecule has 0 bridgehead atoms. The Morgan fingerprint density at radius 2 is 2.00 bits per heavy atom.